The molecule has 0 aliphatic carbocycles. The predicted octanol–water partition coefficient (Wildman–Crippen LogP) is 3.79. The van der Waals surface area contributed by atoms with Crippen LogP contribution in [0.15, 0.2) is 41.1 Å². The molecule has 2 aromatic heterocycles. The summed E-state index contributed by atoms with van der Waals surface area (Å²) in [5.74, 6) is 0.226. The number of carbonyl (C=O) groups is 1. The fraction of sp³-hybridized carbons (Fsp3) is 0.133. The molecule has 3 rings (SSSR count). The van der Waals surface area contributed by atoms with Gasteiger partial charge in [-0.15, -0.1) is 0 Å². The van der Waals surface area contributed by atoms with Crippen LogP contribution in [0.5, 0.6) is 0 Å². The van der Waals surface area contributed by atoms with Gasteiger partial charge in [0.1, 0.15) is 5.82 Å². The summed E-state index contributed by atoms with van der Waals surface area (Å²) in [6.07, 6.45) is 1.58. The summed E-state index contributed by atoms with van der Waals surface area (Å²) in [6, 6.07) is 8.50. The van der Waals surface area contributed by atoms with Crippen LogP contribution < -0.4 is 5.32 Å². The van der Waals surface area contributed by atoms with E-state index in [4.69, 9.17) is 27.7 Å². The standard InChI is InChI=1S/C15H12Cl2N4O2/c1-9-7-13(23-20-9)15(22)19-14-5-6-18-21(14)8-10-11(16)3-2-4-12(10)17/h2-7H,8H2,1H3,(H,19,22). The minimum absolute atomic E-state index is 0.131. The minimum atomic E-state index is -0.405. The van der Waals surface area contributed by atoms with Crippen LogP contribution in [-0.4, -0.2) is 20.8 Å². The topological polar surface area (TPSA) is 73.0 Å². The Balaban J connectivity index is 1.81. The molecule has 0 radical (unpaired) electrons. The monoisotopic (exact) mass is 350 g/mol. The molecule has 0 aliphatic rings. The number of rotatable bonds is 4. The van der Waals surface area contributed by atoms with Crippen molar-refractivity contribution in [2.75, 3.05) is 5.32 Å². The van der Waals surface area contributed by atoms with E-state index in [0.717, 1.165) is 5.56 Å². The lowest BCUT2D eigenvalue weighted by Crippen LogP contribution is -2.16. The molecule has 2 heterocycles. The van der Waals surface area contributed by atoms with E-state index in [9.17, 15) is 4.79 Å². The molecule has 1 aromatic carbocycles. The van der Waals surface area contributed by atoms with Crippen molar-refractivity contribution < 1.29 is 9.32 Å². The van der Waals surface area contributed by atoms with Gasteiger partial charge in [0.15, 0.2) is 0 Å². The Kier molecular flexibility index (Phi) is 4.36. The Morgan fingerprint density at radius 1 is 1.30 bits per heavy atom. The lowest BCUT2D eigenvalue weighted by Gasteiger charge is -2.10. The Labute approximate surface area is 142 Å². The van der Waals surface area contributed by atoms with E-state index in [1.807, 2.05) is 0 Å². The van der Waals surface area contributed by atoms with E-state index in [1.165, 1.54) is 0 Å². The molecule has 118 valence electrons. The normalized spacial score (nSPS) is 10.7. The molecule has 0 spiro atoms. The van der Waals surface area contributed by atoms with E-state index in [2.05, 4.69) is 15.6 Å². The van der Waals surface area contributed by atoms with Crippen LogP contribution in [0.4, 0.5) is 5.82 Å². The van der Waals surface area contributed by atoms with E-state index in [-0.39, 0.29) is 5.76 Å². The van der Waals surface area contributed by atoms with Crippen molar-refractivity contribution in [2.24, 2.45) is 0 Å². The molecule has 0 aliphatic heterocycles. The maximum absolute atomic E-state index is 12.1. The van der Waals surface area contributed by atoms with Crippen molar-refractivity contribution in [3.05, 3.63) is 63.6 Å². The number of hydrogen-bond acceptors (Lipinski definition) is 4. The van der Waals surface area contributed by atoms with Crippen molar-refractivity contribution in [3.8, 4) is 0 Å². The molecule has 0 atom stereocenters. The molecule has 1 N–H and O–H groups in total. The Morgan fingerprint density at radius 3 is 2.70 bits per heavy atom. The zero-order valence-corrected chi connectivity index (χ0v) is 13.6. The van der Waals surface area contributed by atoms with E-state index in [0.29, 0.717) is 28.1 Å². The van der Waals surface area contributed by atoms with Crippen LogP contribution in [0, 0.1) is 6.92 Å². The largest absolute Gasteiger partial charge is 0.351 e. The number of halogens is 2. The van der Waals surface area contributed by atoms with Crippen molar-refractivity contribution in [2.45, 2.75) is 13.5 Å². The smallest absolute Gasteiger partial charge is 0.295 e. The molecule has 0 bridgehead atoms. The van der Waals surface area contributed by atoms with Crippen LogP contribution in [0.2, 0.25) is 10.0 Å². The Bertz CT molecular complexity index is 837. The average Bonchev–Trinajstić information content (AvgIpc) is 3.12. The summed E-state index contributed by atoms with van der Waals surface area (Å²) in [5.41, 5.74) is 1.36. The van der Waals surface area contributed by atoms with Gasteiger partial charge in [0.2, 0.25) is 5.76 Å². The van der Waals surface area contributed by atoms with Gasteiger partial charge in [-0.1, -0.05) is 34.4 Å². The second kappa shape index (κ2) is 6.44. The fourth-order valence-corrected chi connectivity index (χ4v) is 2.56. The van der Waals surface area contributed by atoms with Crippen LogP contribution in [0.1, 0.15) is 21.8 Å². The summed E-state index contributed by atoms with van der Waals surface area (Å²) in [7, 11) is 0. The molecule has 0 unspecified atom stereocenters. The number of aromatic nitrogens is 3. The van der Waals surface area contributed by atoms with Gasteiger partial charge < -0.3 is 9.84 Å². The molecule has 0 saturated carbocycles. The summed E-state index contributed by atoms with van der Waals surface area (Å²) < 4.78 is 6.53. The van der Waals surface area contributed by atoms with Crippen LogP contribution in [0.25, 0.3) is 0 Å². The number of nitrogens with zero attached hydrogens (tertiary/aromatic N) is 3. The summed E-state index contributed by atoms with van der Waals surface area (Å²) in [6.45, 7) is 2.07. The highest BCUT2D eigenvalue weighted by atomic mass is 35.5. The third-order valence-corrected chi connectivity index (χ3v) is 3.89. The number of anilines is 1. The maximum atomic E-state index is 12.1. The number of nitrogens with one attached hydrogen (secondary N) is 1. The number of aryl methyl sites for hydroxylation is 1. The molecule has 0 saturated heterocycles. The van der Waals surface area contributed by atoms with E-state index >= 15 is 0 Å². The van der Waals surface area contributed by atoms with Gasteiger partial charge in [0, 0.05) is 27.7 Å². The van der Waals surface area contributed by atoms with Gasteiger partial charge in [0.05, 0.1) is 18.4 Å². The van der Waals surface area contributed by atoms with Crippen molar-refractivity contribution in [1.82, 2.24) is 14.9 Å². The lowest BCUT2D eigenvalue weighted by atomic mass is 10.2. The summed E-state index contributed by atoms with van der Waals surface area (Å²) in [4.78, 5) is 12.1. The highest BCUT2D eigenvalue weighted by molar-refractivity contribution is 6.36. The zero-order chi connectivity index (χ0) is 16.4. The number of hydrogen-bond donors (Lipinski definition) is 1. The van der Waals surface area contributed by atoms with Gasteiger partial charge in [0.25, 0.3) is 5.91 Å². The molecule has 8 heteroatoms. The molecule has 1 amide bonds. The van der Waals surface area contributed by atoms with Crippen molar-refractivity contribution in [1.29, 1.82) is 0 Å². The first-order valence-electron chi connectivity index (χ1n) is 6.74. The number of benzene rings is 1. The molecule has 6 nitrogen and oxygen atoms in total. The van der Waals surface area contributed by atoms with Gasteiger partial charge >= 0.3 is 0 Å². The van der Waals surface area contributed by atoms with Gasteiger partial charge in [-0.3, -0.25) is 4.79 Å². The van der Waals surface area contributed by atoms with E-state index in [1.54, 1.807) is 48.1 Å². The predicted molar refractivity (Wildman–Crippen MR) is 87.0 cm³/mol. The van der Waals surface area contributed by atoms with Crippen molar-refractivity contribution in [3.63, 3.8) is 0 Å². The molecule has 23 heavy (non-hydrogen) atoms. The minimum Gasteiger partial charge on any atom is -0.351 e. The molecule has 0 fully saturated rings. The Hall–Kier alpha value is -2.31. The van der Waals surface area contributed by atoms with Crippen molar-refractivity contribution >= 4 is 34.9 Å². The van der Waals surface area contributed by atoms with Gasteiger partial charge in [-0.2, -0.15) is 5.10 Å². The molecule has 3 aromatic rings. The first-order chi connectivity index (χ1) is 11.0. The highest BCUT2D eigenvalue weighted by Crippen LogP contribution is 2.26. The Morgan fingerprint density at radius 2 is 2.04 bits per heavy atom. The van der Waals surface area contributed by atoms with Gasteiger partial charge in [-0.25, -0.2) is 4.68 Å². The third-order valence-electron chi connectivity index (χ3n) is 3.18. The first-order valence-corrected chi connectivity index (χ1v) is 7.49. The SMILES string of the molecule is Cc1cc(C(=O)Nc2ccnn2Cc2c(Cl)cccc2Cl)on1. The lowest BCUT2D eigenvalue weighted by molar-refractivity contribution is 0.0987. The molecular weight excluding hydrogens is 339 g/mol. The maximum Gasteiger partial charge on any atom is 0.295 e. The summed E-state index contributed by atoms with van der Waals surface area (Å²) >= 11 is 12.3. The molecular formula is C15H12Cl2N4O2. The number of amides is 1. The second-order valence-corrected chi connectivity index (χ2v) is 5.68. The first kappa shape index (κ1) is 15.6. The van der Waals surface area contributed by atoms with E-state index < -0.39 is 5.91 Å². The van der Waals surface area contributed by atoms with Crippen LogP contribution in [0.3, 0.4) is 0 Å². The average molecular weight is 351 g/mol. The summed E-state index contributed by atoms with van der Waals surface area (Å²) in [5, 5.41) is 11.7. The van der Waals surface area contributed by atoms with Gasteiger partial charge in [-0.05, 0) is 19.1 Å². The van der Waals surface area contributed by atoms with Crippen LogP contribution in [-0.2, 0) is 6.54 Å². The third kappa shape index (κ3) is 3.38. The number of carbonyl (C=O) groups excluding carboxylic acids is 1. The fourth-order valence-electron chi connectivity index (χ4n) is 2.05. The quantitative estimate of drug-likeness (QED) is 0.776. The second-order valence-electron chi connectivity index (χ2n) is 4.86. The highest BCUT2D eigenvalue weighted by Gasteiger charge is 2.15. The van der Waals surface area contributed by atoms with Crippen LogP contribution >= 0.6 is 23.2 Å². The zero-order valence-electron chi connectivity index (χ0n) is 12.1.